The van der Waals surface area contributed by atoms with Crippen LogP contribution in [0.25, 0.3) is 0 Å². The van der Waals surface area contributed by atoms with Crippen molar-refractivity contribution >= 4 is 0 Å². The van der Waals surface area contributed by atoms with Gasteiger partial charge < -0.3 is 15.2 Å². The van der Waals surface area contributed by atoms with Crippen molar-refractivity contribution in [3.8, 4) is 0 Å². The minimum atomic E-state index is 0.0246. The molecular weight excluding hydrogens is 166 g/mol. The number of ether oxygens (including phenoxy) is 2. The van der Waals surface area contributed by atoms with Crippen LogP contribution in [0.3, 0.4) is 0 Å². The van der Waals surface area contributed by atoms with Crippen molar-refractivity contribution in [1.29, 1.82) is 0 Å². The van der Waals surface area contributed by atoms with E-state index in [2.05, 4.69) is 12.2 Å². The molecule has 74 valence electrons. The van der Waals surface area contributed by atoms with Gasteiger partial charge in [-0.2, -0.15) is 0 Å². The smallest absolute Gasteiger partial charge is 0.105 e. The highest BCUT2D eigenvalue weighted by atomic mass is 16.5. The minimum Gasteiger partial charge on any atom is -0.374 e. The lowest BCUT2D eigenvalue weighted by atomic mass is 10.00. The molecule has 0 heterocycles. The van der Waals surface area contributed by atoms with Crippen molar-refractivity contribution in [2.45, 2.75) is 18.6 Å². The molecule has 0 spiro atoms. The Morgan fingerprint density at radius 3 is 2.54 bits per heavy atom. The van der Waals surface area contributed by atoms with Gasteiger partial charge in [0.15, 0.2) is 0 Å². The van der Waals surface area contributed by atoms with Gasteiger partial charge in [0.1, 0.15) is 12.2 Å². The molecule has 0 aliphatic heterocycles. The van der Waals surface area contributed by atoms with Crippen LogP contribution >= 0.6 is 0 Å². The van der Waals surface area contributed by atoms with Crippen molar-refractivity contribution in [3.63, 3.8) is 0 Å². The number of hydrogen-bond acceptors (Lipinski definition) is 3. The van der Waals surface area contributed by atoms with E-state index in [1.807, 2.05) is 6.08 Å². The fourth-order valence-corrected chi connectivity index (χ4v) is 1.44. The Kier molecular flexibility index (Phi) is 4.15. The third-order valence-electron chi connectivity index (χ3n) is 2.18. The average Bonchev–Trinajstić information content (AvgIpc) is 2.18. The van der Waals surface area contributed by atoms with Gasteiger partial charge in [0.05, 0.1) is 0 Å². The first-order valence-corrected chi connectivity index (χ1v) is 4.46. The highest BCUT2D eigenvalue weighted by Crippen LogP contribution is 2.17. The van der Waals surface area contributed by atoms with Crippen LogP contribution in [0, 0.1) is 0 Å². The van der Waals surface area contributed by atoms with Crippen molar-refractivity contribution in [2.75, 3.05) is 20.8 Å². The summed E-state index contributed by atoms with van der Waals surface area (Å²) in [6.07, 6.45) is 7.09. The summed E-state index contributed by atoms with van der Waals surface area (Å²) in [5.74, 6) is 0. The predicted molar refractivity (Wildman–Crippen MR) is 52.5 cm³/mol. The largest absolute Gasteiger partial charge is 0.374 e. The third-order valence-corrected chi connectivity index (χ3v) is 2.18. The number of rotatable bonds is 4. The van der Waals surface area contributed by atoms with E-state index in [9.17, 15) is 0 Å². The van der Waals surface area contributed by atoms with Crippen molar-refractivity contribution < 1.29 is 9.47 Å². The Hall–Kier alpha value is -0.640. The Labute approximate surface area is 79.2 Å². The summed E-state index contributed by atoms with van der Waals surface area (Å²) in [4.78, 5) is 0. The molecular formula is C10H17NO2. The fourth-order valence-electron chi connectivity index (χ4n) is 1.44. The number of methoxy groups -OCH3 is 2. The van der Waals surface area contributed by atoms with Crippen LogP contribution < -0.4 is 5.73 Å². The zero-order valence-electron chi connectivity index (χ0n) is 8.19. The SMILES string of the molecule is COC1C=CC(CCN)=CC1OC. The molecule has 0 saturated heterocycles. The zero-order chi connectivity index (χ0) is 9.68. The predicted octanol–water partition coefficient (Wildman–Crippen LogP) is 0.861. The second-order valence-corrected chi connectivity index (χ2v) is 3.04. The van der Waals surface area contributed by atoms with Gasteiger partial charge in [-0.05, 0) is 24.6 Å². The number of nitrogens with two attached hydrogens (primary N) is 1. The third kappa shape index (κ3) is 2.66. The summed E-state index contributed by atoms with van der Waals surface area (Å²) in [5, 5.41) is 0. The van der Waals surface area contributed by atoms with Gasteiger partial charge in [0.25, 0.3) is 0 Å². The molecule has 1 rings (SSSR count). The summed E-state index contributed by atoms with van der Waals surface area (Å²) in [6, 6.07) is 0. The van der Waals surface area contributed by atoms with E-state index in [1.54, 1.807) is 14.2 Å². The molecule has 0 radical (unpaired) electrons. The monoisotopic (exact) mass is 183 g/mol. The van der Waals surface area contributed by atoms with Crippen molar-refractivity contribution in [1.82, 2.24) is 0 Å². The van der Waals surface area contributed by atoms with Gasteiger partial charge in [-0.1, -0.05) is 12.2 Å². The van der Waals surface area contributed by atoms with Crippen LogP contribution in [0.5, 0.6) is 0 Å². The van der Waals surface area contributed by atoms with Gasteiger partial charge >= 0.3 is 0 Å². The topological polar surface area (TPSA) is 44.5 Å². The highest BCUT2D eigenvalue weighted by Gasteiger charge is 2.19. The molecule has 2 unspecified atom stereocenters. The molecule has 1 aliphatic carbocycles. The van der Waals surface area contributed by atoms with E-state index in [0.717, 1.165) is 6.42 Å². The van der Waals surface area contributed by atoms with Crippen molar-refractivity contribution in [3.05, 3.63) is 23.8 Å². The molecule has 0 fully saturated rings. The molecule has 0 aromatic carbocycles. The lowest BCUT2D eigenvalue weighted by Crippen LogP contribution is -2.28. The maximum atomic E-state index is 5.47. The summed E-state index contributed by atoms with van der Waals surface area (Å²) in [7, 11) is 3.37. The molecule has 0 saturated carbocycles. The maximum absolute atomic E-state index is 5.47. The van der Waals surface area contributed by atoms with Crippen LogP contribution in [-0.4, -0.2) is 33.0 Å². The Morgan fingerprint density at radius 1 is 1.31 bits per heavy atom. The summed E-state index contributed by atoms with van der Waals surface area (Å²) in [6.45, 7) is 0.671. The van der Waals surface area contributed by atoms with Gasteiger partial charge in [-0.25, -0.2) is 0 Å². The highest BCUT2D eigenvalue weighted by molar-refractivity contribution is 5.27. The normalized spacial score (nSPS) is 27.5. The second-order valence-electron chi connectivity index (χ2n) is 3.04. The van der Waals surface area contributed by atoms with E-state index >= 15 is 0 Å². The Morgan fingerprint density at radius 2 is 2.00 bits per heavy atom. The summed E-state index contributed by atoms with van der Waals surface area (Å²) >= 11 is 0. The maximum Gasteiger partial charge on any atom is 0.105 e. The molecule has 3 heteroatoms. The van der Waals surface area contributed by atoms with Crippen LogP contribution in [0.4, 0.5) is 0 Å². The van der Waals surface area contributed by atoms with E-state index in [0.29, 0.717) is 6.54 Å². The van der Waals surface area contributed by atoms with Gasteiger partial charge in [0, 0.05) is 14.2 Å². The van der Waals surface area contributed by atoms with E-state index in [1.165, 1.54) is 5.57 Å². The first-order chi connectivity index (χ1) is 6.31. The molecule has 2 N–H and O–H groups in total. The standard InChI is InChI=1S/C10H17NO2/c1-12-9-4-3-8(5-6-11)7-10(9)13-2/h3-4,7,9-10H,5-6,11H2,1-2H3. The van der Waals surface area contributed by atoms with E-state index in [4.69, 9.17) is 15.2 Å². The number of hydrogen-bond donors (Lipinski definition) is 1. The van der Waals surface area contributed by atoms with Crippen LogP contribution in [0.1, 0.15) is 6.42 Å². The minimum absolute atomic E-state index is 0.0246. The molecule has 0 amide bonds. The lowest BCUT2D eigenvalue weighted by Gasteiger charge is -2.23. The molecule has 1 aliphatic rings. The van der Waals surface area contributed by atoms with Crippen LogP contribution in [0.15, 0.2) is 23.8 Å². The van der Waals surface area contributed by atoms with Crippen LogP contribution in [-0.2, 0) is 9.47 Å². The first-order valence-electron chi connectivity index (χ1n) is 4.46. The van der Waals surface area contributed by atoms with Crippen molar-refractivity contribution in [2.24, 2.45) is 5.73 Å². The zero-order valence-corrected chi connectivity index (χ0v) is 8.19. The van der Waals surface area contributed by atoms with E-state index < -0.39 is 0 Å². The summed E-state index contributed by atoms with van der Waals surface area (Å²) < 4.78 is 10.5. The Balaban J connectivity index is 2.62. The Bertz CT molecular complexity index is 211. The molecule has 0 bridgehead atoms. The van der Waals surface area contributed by atoms with Gasteiger partial charge in [0.2, 0.25) is 0 Å². The average molecular weight is 183 g/mol. The molecule has 3 nitrogen and oxygen atoms in total. The quantitative estimate of drug-likeness (QED) is 0.703. The second kappa shape index (κ2) is 5.17. The lowest BCUT2D eigenvalue weighted by molar-refractivity contribution is 0.0133. The molecule has 0 aromatic rings. The van der Waals surface area contributed by atoms with Crippen LogP contribution in [0.2, 0.25) is 0 Å². The van der Waals surface area contributed by atoms with Gasteiger partial charge in [-0.3, -0.25) is 0 Å². The van der Waals surface area contributed by atoms with Gasteiger partial charge in [-0.15, -0.1) is 0 Å². The van der Waals surface area contributed by atoms with E-state index in [-0.39, 0.29) is 12.2 Å². The molecule has 2 atom stereocenters. The summed E-state index contributed by atoms with van der Waals surface area (Å²) in [5.41, 5.74) is 6.69. The first kappa shape index (κ1) is 10.4. The molecule has 13 heavy (non-hydrogen) atoms. The molecule has 0 aromatic heterocycles. The fraction of sp³-hybridized carbons (Fsp3) is 0.600. The number of allylic oxidation sites excluding steroid dienone is 1.